The van der Waals surface area contributed by atoms with E-state index in [2.05, 4.69) is 10.6 Å². The van der Waals surface area contributed by atoms with Crippen LogP contribution in [0.1, 0.15) is 12.8 Å². The lowest BCUT2D eigenvalue weighted by molar-refractivity contribution is -0.114. The minimum Gasteiger partial charge on any atom is -0.376 e. The van der Waals surface area contributed by atoms with E-state index in [0.717, 1.165) is 12.8 Å². The summed E-state index contributed by atoms with van der Waals surface area (Å²) in [6.45, 7) is 1.19. The van der Waals surface area contributed by atoms with Crippen molar-refractivity contribution in [1.29, 1.82) is 0 Å². The third-order valence-electron chi connectivity index (χ3n) is 4.16. The molecule has 6 nitrogen and oxygen atoms in total. The maximum Gasteiger partial charge on any atom is 0.243 e. The van der Waals surface area contributed by atoms with Crippen LogP contribution in [0.25, 0.3) is 0 Å². The molecule has 1 saturated heterocycles. The fourth-order valence-electron chi connectivity index (χ4n) is 2.76. The largest absolute Gasteiger partial charge is 0.376 e. The number of carbonyl (C=O) groups is 1. The van der Waals surface area contributed by atoms with Gasteiger partial charge in [-0.3, -0.25) is 4.79 Å². The number of hydrogen-bond donors (Lipinski definition) is 2. The zero-order valence-electron chi connectivity index (χ0n) is 14.1. The molecular weight excluding hydrogens is 374 g/mol. The van der Waals surface area contributed by atoms with E-state index in [1.54, 1.807) is 48.5 Å². The van der Waals surface area contributed by atoms with Crippen LogP contribution in [0, 0.1) is 0 Å². The minimum atomic E-state index is -3.42. The molecule has 0 atom stereocenters. The molecule has 0 bridgehead atoms. The Morgan fingerprint density at radius 3 is 2.35 bits per heavy atom. The lowest BCUT2D eigenvalue weighted by Crippen LogP contribution is -2.27. The molecule has 0 saturated carbocycles. The molecule has 2 aromatic rings. The van der Waals surface area contributed by atoms with Crippen molar-refractivity contribution in [3.63, 3.8) is 0 Å². The van der Waals surface area contributed by atoms with Crippen LogP contribution < -0.4 is 10.6 Å². The maximum absolute atomic E-state index is 12.5. The second-order valence-corrected chi connectivity index (χ2v) is 8.36. The van der Waals surface area contributed by atoms with E-state index in [1.807, 2.05) is 0 Å². The molecule has 0 unspecified atom stereocenters. The third-order valence-corrected chi connectivity index (χ3v) is 6.40. The Balaban J connectivity index is 1.57. The van der Waals surface area contributed by atoms with Crippen LogP contribution >= 0.6 is 11.6 Å². The molecule has 1 aliphatic heterocycles. The van der Waals surface area contributed by atoms with Crippen LogP contribution in [0.3, 0.4) is 0 Å². The molecule has 3 rings (SSSR count). The second-order valence-electron chi connectivity index (χ2n) is 6.02. The first-order valence-corrected chi connectivity index (χ1v) is 10.2. The van der Waals surface area contributed by atoms with E-state index in [0.29, 0.717) is 29.5 Å². The smallest absolute Gasteiger partial charge is 0.243 e. The van der Waals surface area contributed by atoms with Crippen molar-refractivity contribution in [1.82, 2.24) is 4.31 Å². The number of rotatable bonds is 6. The highest BCUT2D eigenvalue weighted by atomic mass is 35.5. The van der Waals surface area contributed by atoms with Gasteiger partial charge in [0.15, 0.2) is 0 Å². The minimum absolute atomic E-state index is 0.0451. The number of carbonyl (C=O) groups excluding carboxylic acids is 1. The normalized spacial score (nSPS) is 15.0. The molecule has 0 aromatic heterocycles. The SMILES string of the molecule is O=C(CNc1ccc(S(=O)(=O)N2CCCC2)cc1)Nc1ccccc1Cl. The second kappa shape index (κ2) is 8.07. The van der Waals surface area contributed by atoms with Crippen LogP contribution in [0.4, 0.5) is 11.4 Å². The molecule has 1 fully saturated rings. The van der Waals surface area contributed by atoms with Crippen molar-refractivity contribution in [3.05, 3.63) is 53.6 Å². The van der Waals surface area contributed by atoms with E-state index >= 15 is 0 Å². The van der Waals surface area contributed by atoms with Gasteiger partial charge in [-0.15, -0.1) is 0 Å². The Kier molecular flexibility index (Phi) is 5.80. The van der Waals surface area contributed by atoms with Crippen molar-refractivity contribution in [2.75, 3.05) is 30.3 Å². The number of para-hydroxylation sites is 1. The first kappa shape index (κ1) is 18.7. The molecule has 0 aliphatic carbocycles. The zero-order chi connectivity index (χ0) is 18.6. The Labute approximate surface area is 158 Å². The number of amides is 1. The summed E-state index contributed by atoms with van der Waals surface area (Å²) in [4.78, 5) is 12.3. The Morgan fingerprint density at radius 1 is 1.04 bits per heavy atom. The predicted octanol–water partition coefficient (Wildman–Crippen LogP) is 3.18. The first-order valence-electron chi connectivity index (χ1n) is 8.35. The van der Waals surface area contributed by atoms with E-state index in [9.17, 15) is 13.2 Å². The number of nitrogens with one attached hydrogen (secondary N) is 2. The van der Waals surface area contributed by atoms with Gasteiger partial charge in [-0.25, -0.2) is 8.42 Å². The highest BCUT2D eigenvalue weighted by Crippen LogP contribution is 2.22. The number of anilines is 2. The van der Waals surface area contributed by atoms with E-state index < -0.39 is 10.0 Å². The molecule has 0 radical (unpaired) electrons. The van der Waals surface area contributed by atoms with E-state index in [-0.39, 0.29) is 17.3 Å². The Bertz CT molecular complexity index is 879. The van der Waals surface area contributed by atoms with Crippen molar-refractivity contribution in [3.8, 4) is 0 Å². The number of nitrogens with zero attached hydrogens (tertiary/aromatic N) is 1. The highest BCUT2D eigenvalue weighted by Gasteiger charge is 2.26. The van der Waals surface area contributed by atoms with Crippen LogP contribution in [0.5, 0.6) is 0 Å². The van der Waals surface area contributed by atoms with Crippen LogP contribution in [-0.2, 0) is 14.8 Å². The molecule has 1 aliphatic rings. The predicted molar refractivity (Wildman–Crippen MR) is 103 cm³/mol. The lowest BCUT2D eigenvalue weighted by Gasteiger charge is -2.15. The standard InChI is InChI=1S/C18H20ClN3O3S/c19-16-5-1-2-6-17(16)21-18(23)13-20-14-7-9-15(10-8-14)26(24,25)22-11-3-4-12-22/h1-2,5-10,20H,3-4,11-13H2,(H,21,23). The molecule has 1 heterocycles. The van der Waals surface area contributed by atoms with Crippen LogP contribution in [0.2, 0.25) is 5.02 Å². The maximum atomic E-state index is 12.5. The molecule has 138 valence electrons. The first-order chi connectivity index (χ1) is 12.5. The number of hydrogen-bond acceptors (Lipinski definition) is 4. The molecule has 0 spiro atoms. The van der Waals surface area contributed by atoms with Gasteiger partial charge < -0.3 is 10.6 Å². The molecular formula is C18H20ClN3O3S. The molecule has 8 heteroatoms. The summed E-state index contributed by atoms with van der Waals surface area (Å²) in [6, 6.07) is 13.4. The Morgan fingerprint density at radius 2 is 1.69 bits per heavy atom. The van der Waals surface area contributed by atoms with E-state index in [4.69, 9.17) is 11.6 Å². The summed E-state index contributed by atoms with van der Waals surface area (Å²) in [5.41, 5.74) is 1.22. The molecule has 2 N–H and O–H groups in total. The van der Waals surface area contributed by atoms with Gasteiger partial charge in [0.2, 0.25) is 15.9 Å². The van der Waals surface area contributed by atoms with Gasteiger partial charge in [0.05, 0.1) is 22.2 Å². The van der Waals surface area contributed by atoms with Crippen molar-refractivity contribution >= 4 is 38.9 Å². The summed E-state index contributed by atoms with van der Waals surface area (Å²) in [7, 11) is -3.42. The van der Waals surface area contributed by atoms with Crippen molar-refractivity contribution in [2.45, 2.75) is 17.7 Å². The average molecular weight is 394 g/mol. The van der Waals surface area contributed by atoms with Gasteiger partial charge in [0, 0.05) is 18.8 Å². The fraction of sp³-hybridized carbons (Fsp3) is 0.278. The van der Waals surface area contributed by atoms with Gasteiger partial charge in [-0.2, -0.15) is 4.31 Å². The van der Waals surface area contributed by atoms with Gasteiger partial charge in [0.25, 0.3) is 0 Å². The van der Waals surface area contributed by atoms with Gasteiger partial charge in [-0.05, 0) is 49.2 Å². The topological polar surface area (TPSA) is 78.5 Å². The van der Waals surface area contributed by atoms with Crippen molar-refractivity contribution in [2.24, 2.45) is 0 Å². The van der Waals surface area contributed by atoms with Crippen LogP contribution in [-0.4, -0.2) is 38.3 Å². The summed E-state index contributed by atoms with van der Waals surface area (Å²) < 4.78 is 26.5. The number of halogens is 1. The summed E-state index contributed by atoms with van der Waals surface area (Å²) in [5.74, 6) is -0.244. The number of benzene rings is 2. The quantitative estimate of drug-likeness (QED) is 0.790. The van der Waals surface area contributed by atoms with Gasteiger partial charge in [0.1, 0.15) is 0 Å². The average Bonchev–Trinajstić information content (AvgIpc) is 3.18. The fourth-order valence-corrected chi connectivity index (χ4v) is 4.46. The van der Waals surface area contributed by atoms with E-state index in [1.165, 1.54) is 4.31 Å². The molecule has 2 aromatic carbocycles. The van der Waals surface area contributed by atoms with Gasteiger partial charge in [-0.1, -0.05) is 23.7 Å². The van der Waals surface area contributed by atoms with Gasteiger partial charge >= 0.3 is 0 Å². The third kappa shape index (κ3) is 4.35. The zero-order valence-corrected chi connectivity index (χ0v) is 15.7. The summed E-state index contributed by atoms with van der Waals surface area (Å²) >= 11 is 6.00. The lowest BCUT2D eigenvalue weighted by atomic mass is 10.3. The Hall–Kier alpha value is -2.09. The highest BCUT2D eigenvalue weighted by molar-refractivity contribution is 7.89. The molecule has 1 amide bonds. The van der Waals surface area contributed by atoms with Crippen molar-refractivity contribution < 1.29 is 13.2 Å². The molecule has 26 heavy (non-hydrogen) atoms. The van der Waals surface area contributed by atoms with Crippen LogP contribution in [0.15, 0.2) is 53.4 Å². The number of sulfonamides is 1. The monoisotopic (exact) mass is 393 g/mol. The summed E-state index contributed by atoms with van der Waals surface area (Å²) in [6.07, 6.45) is 1.80. The summed E-state index contributed by atoms with van der Waals surface area (Å²) in [5, 5.41) is 6.16.